The highest BCUT2D eigenvalue weighted by Crippen LogP contribution is 2.36. The van der Waals surface area contributed by atoms with Crippen molar-refractivity contribution in [3.05, 3.63) is 46.8 Å². The van der Waals surface area contributed by atoms with Gasteiger partial charge in [-0.15, -0.1) is 0 Å². The Hall–Kier alpha value is -1.75. The summed E-state index contributed by atoms with van der Waals surface area (Å²) >= 11 is 0. The normalized spacial score (nSPS) is 20.4. The molecule has 2 aliphatic rings. The van der Waals surface area contributed by atoms with Crippen LogP contribution in [0.2, 0.25) is 6.32 Å². The van der Waals surface area contributed by atoms with Crippen LogP contribution in [0.3, 0.4) is 0 Å². The lowest BCUT2D eigenvalue weighted by Gasteiger charge is -2.28. The first kappa shape index (κ1) is 15.6. The van der Waals surface area contributed by atoms with E-state index < -0.39 is 0 Å². The van der Waals surface area contributed by atoms with Crippen LogP contribution < -0.4 is 12.4 Å². The van der Waals surface area contributed by atoms with Gasteiger partial charge in [-0.25, -0.2) is 0 Å². The van der Waals surface area contributed by atoms with Crippen molar-refractivity contribution >= 4 is 19.4 Å². The number of allylic oxidation sites excluding steroid dienone is 2. The van der Waals surface area contributed by atoms with Crippen LogP contribution in [0.1, 0.15) is 27.6 Å². The first-order valence-corrected chi connectivity index (χ1v) is 6.70. The number of hydrogen-bond donors (Lipinski definition) is 0. The van der Waals surface area contributed by atoms with E-state index in [0.29, 0.717) is 35.4 Å². The molecular weight excluding hydrogens is 286 g/mol. The molecule has 21 heavy (non-hydrogen) atoms. The van der Waals surface area contributed by atoms with Gasteiger partial charge in [0.05, 0.1) is 14.0 Å². The van der Waals surface area contributed by atoms with E-state index >= 15 is 0 Å². The molecule has 0 saturated heterocycles. The standard InChI is InChI=1S/C15H15BN2O2.ClH/c1-9-17(2)12-13(18(9)8-7-16)15(20)11-6-4-3-5-10(11)14(12)19;/h3-6,9H,7-8H2,1-2H3;1H/p-1. The minimum Gasteiger partial charge on any atom is -1.00 e. The molecule has 1 aromatic rings. The number of nitrogens with zero attached hydrogens (tertiary/aromatic N) is 2. The lowest BCUT2D eigenvalue weighted by molar-refractivity contribution is -0.0000181. The van der Waals surface area contributed by atoms with Gasteiger partial charge in [0.15, 0.2) is 0 Å². The van der Waals surface area contributed by atoms with Crippen molar-refractivity contribution < 1.29 is 22.0 Å². The topological polar surface area (TPSA) is 40.6 Å². The predicted octanol–water partition coefficient (Wildman–Crippen LogP) is -1.54. The largest absolute Gasteiger partial charge is 1.00 e. The number of benzene rings is 1. The first-order chi connectivity index (χ1) is 9.57. The predicted molar refractivity (Wildman–Crippen MR) is 76.6 cm³/mol. The summed E-state index contributed by atoms with van der Waals surface area (Å²) in [6, 6.07) is 6.99. The third-order valence-electron chi connectivity index (χ3n) is 4.09. The van der Waals surface area contributed by atoms with E-state index in [1.165, 1.54) is 0 Å². The molecule has 0 aromatic heterocycles. The maximum Gasteiger partial charge on any atom is 0.212 e. The van der Waals surface area contributed by atoms with Crippen LogP contribution in [0.15, 0.2) is 35.7 Å². The van der Waals surface area contributed by atoms with Crippen LogP contribution in [0.4, 0.5) is 0 Å². The number of rotatable bonds is 2. The Labute approximate surface area is 131 Å². The molecule has 0 amide bonds. The van der Waals surface area contributed by atoms with Crippen molar-refractivity contribution in [3.63, 3.8) is 0 Å². The molecule has 108 valence electrons. The minimum atomic E-state index is -0.0835. The van der Waals surface area contributed by atoms with Crippen molar-refractivity contribution in [1.82, 2.24) is 9.80 Å². The molecule has 3 rings (SSSR count). The maximum atomic E-state index is 12.7. The first-order valence-electron chi connectivity index (χ1n) is 6.70. The highest BCUT2D eigenvalue weighted by atomic mass is 35.5. The summed E-state index contributed by atoms with van der Waals surface area (Å²) in [5.74, 6) is -0.163. The molecule has 4 nitrogen and oxygen atoms in total. The van der Waals surface area contributed by atoms with E-state index in [4.69, 9.17) is 7.85 Å². The van der Waals surface area contributed by atoms with Crippen LogP contribution in [0.25, 0.3) is 0 Å². The zero-order valence-electron chi connectivity index (χ0n) is 12.0. The molecule has 0 bridgehead atoms. The third-order valence-corrected chi connectivity index (χ3v) is 4.09. The second kappa shape index (κ2) is 5.56. The van der Waals surface area contributed by atoms with Gasteiger partial charge in [0.25, 0.3) is 0 Å². The molecule has 1 aliphatic heterocycles. The molecule has 1 unspecified atom stereocenters. The number of carbonyl (C=O) groups is 2. The minimum absolute atomic E-state index is 0. The Morgan fingerprint density at radius 3 is 2.14 bits per heavy atom. The number of hydrogen-bond acceptors (Lipinski definition) is 4. The summed E-state index contributed by atoms with van der Waals surface area (Å²) < 4.78 is 0. The van der Waals surface area contributed by atoms with Crippen LogP contribution in [0, 0.1) is 0 Å². The fourth-order valence-electron chi connectivity index (χ4n) is 2.96. The number of halogens is 1. The molecule has 1 heterocycles. The molecule has 1 aromatic carbocycles. The van der Waals surface area contributed by atoms with Crippen molar-refractivity contribution in [2.45, 2.75) is 19.4 Å². The Balaban J connectivity index is 0.00000161. The average molecular weight is 302 g/mol. The van der Waals surface area contributed by atoms with Crippen LogP contribution in [-0.4, -0.2) is 49.0 Å². The molecular formula is C15H15BClN2O2-. The Morgan fingerprint density at radius 1 is 1.10 bits per heavy atom. The monoisotopic (exact) mass is 301 g/mol. The molecule has 2 radical (unpaired) electrons. The molecule has 1 atom stereocenters. The average Bonchev–Trinajstić information content (AvgIpc) is 2.71. The zero-order chi connectivity index (χ0) is 14.4. The van der Waals surface area contributed by atoms with Crippen LogP contribution in [0.5, 0.6) is 0 Å². The molecule has 0 spiro atoms. The van der Waals surface area contributed by atoms with Crippen molar-refractivity contribution in [2.75, 3.05) is 13.6 Å². The zero-order valence-corrected chi connectivity index (χ0v) is 12.7. The van der Waals surface area contributed by atoms with Gasteiger partial charge in [0.2, 0.25) is 11.6 Å². The lowest BCUT2D eigenvalue weighted by Crippen LogP contribution is -3.00. The van der Waals surface area contributed by atoms with Gasteiger partial charge in [-0.2, -0.15) is 0 Å². The summed E-state index contributed by atoms with van der Waals surface area (Å²) in [5.41, 5.74) is 1.97. The molecule has 0 fully saturated rings. The highest BCUT2D eigenvalue weighted by molar-refractivity contribution is 6.26. The summed E-state index contributed by atoms with van der Waals surface area (Å²) in [6.45, 7) is 2.53. The maximum absolute atomic E-state index is 12.7. The Morgan fingerprint density at radius 2 is 1.62 bits per heavy atom. The van der Waals surface area contributed by atoms with Gasteiger partial charge in [-0.3, -0.25) is 9.59 Å². The van der Waals surface area contributed by atoms with Gasteiger partial charge in [-0.05, 0) is 6.92 Å². The summed E-state index contributed by atoms with van der Waals surface area (Å²) in [5, 5.41) is 0. The van der Waals surface area contributed by atoms with E-state index in [2.05, 4.69) is 0 Å². The summed E-state index contributed by atoms with van der Waals surface area (Å²) in [7, 11) is 7.48. The second-order valence-electron chi connectivity index (χ2n) is 5.13. The quantitative estimate of drug-likeness (QED) is 0.621. The highest BCUT2D eigenvalue weighted by Gasteiger charge is 2.44. The van der Waals surface area contributed by atoms with Gasteiger partial charge < -0.3 is 22.2 Å². The summed E-state index contributed by atoms with van der Waals surface area (Å²) in [4.78, 5) is 29.1. The van der Waals surface area contributed by atoms with Crippen LogP contribution in [-0.2, 0) is 0 Å². The number of carbonyl (C=O) groups excluding carboxylic acids is 2. The smallest absolute Gasteiger partial charge is 0.212 e. The van der Waals surface area contributed by atoms with E-state index in [0.717, 1.165) is 0 Å². The van der Waals surface area contributed by atoms with Gasteiger partial charge in [0.1, 0.15) is 11.4 Å². The van der Waals surface area contributed by atoms with Gasteiger partial charge in [0, 0.05) is 24.7 Å². The second-order valence-corrected chi connectivity index (χ2v) is 5.13. The number of ketones is 2. The van der Waals surface area contributed by atoms with E-state index in [-0.39, 0.29) is 30.1 Å². The van der Waals surface area contributed by atoms with Crippen molar-refractivity contribution in [3.8, 4) is 0 Å². The Bertz CT molecular complexity index is 644. The number of Topliss-reactive ketones (excluding diaryl/α,β-unsaturated/α-hetero) is 2. The van der Waals surface area contributed by atoms with E-state index in [1.807, 2.05) is 23.8 Å². The molecule has 0 N–H and O–H groups in total. The van der Waals surface area contributed by atoms with Crippen molar-refractivity contribution in [2.24, 2.45) is 0 Å². The molecule has 1 aliphatic carbocycles. The van der Waals surface area contributed by atoms with E-state index in [1.54, 1.807) is 24.3 Å². The fourth-order valence-corrected chi connectivity index (χ4v) is 2.96. The number of fused-ring (bicyclic) bond motifs is 1. The fraction of sp³-hybridized carbons (Fsp3) is 0.333. The Kier molecular flexibility index (Phi) is 4.14. The molecule has 6 heteroatoms. The number of likely N-dealkylation sites (N-methyl/N-ethyl adjacent to an activating group) is 1. The van der Waals surface area contributed by atoms with Crippen molar-refractivity contribution in [1.29, 1.82) is 0 Å². The SMILES string of the molecule is [B]CCN1C2=C(C(=O)c3ccccc3C2=O)N(C)C1C.[Cl-]. The lowest BCUT2D eigenvalue weighted by atomic mass is 9.90. The van der Waals surface area contributed by atoms with Gasteiger partial charge in [-0.1, -0.05) is 30.6 Å². The van der Waals surface area contributed by atoms with Gasteiger partial charge >= 0.3 is 0 Å². The molecule has 0 saturated carbocycles. The van der Waals surface area contributed by atoms with Crippen LogP contribution >= 0.6 is 0 Å². The summed E-state index contributed by atoms with van der Waals surface area (Å²) in [6.07, 6.45) is 0.406. The third kappa shape index (κ3) is 2.07. The van der Waals surface area contributed by atoms with E-state index in [9.17, 15) is 9.59 Å².